The molecule has 0 saturated heterocycles. The maximum absolute atomic E-state index is 12.7. The highest BCUT2D eigenvalue weighted by molar-refractivity contribution is 7.47. The van der Waals surface area contributed by atoms with Gasteiger partial charge in [-0.3, -0.25) is 18.6 Å². The van der Waals surface area contributed by atoms with Crippen LogP contribution in [0.5, 0.6) is 0 Å². The fourth-order valence-electron chi connectivity index (χ4n) is 8.05. The summed E-state index contributed by atoms with van der Waals surface area (Å²) in [6.07, 6.45) is 51.5. The molecule has 0 aromatic heterocycles. The number of nitrogens with two attached hydrogens (primary N) is 1. The standard InChI is InChI=1S/C51H102NO8P/c1-3-5-7-9-11-13-15-17-19-20-21-22-23-24-25-26-27-28-30-32-34-36-38-40-42-44-51(54)60-49(48-59-61(55,56)58-46-45-52)47-57-50(53)43-41-39-37-35-33-31-29-18-16-14-12-10-8-6-4-2/h49H,3-48,52H2,1-2H3,(H,55,56). The lowest BCUT2D eigenvalue weighted by Crippen LogP contribution is -2.29. The van der Waals surface area contributed by atoms with E-state index in [0.29, 0.717) is 6.42 Å². The number of phosphoric acid groups is 1. The van der Waals surface area contributed by atoms with Gasteiger partial charge in [-0.1, -0.05) is 258 Å². The number of esters is 2. The molecule has 0 rings (SSSR count). The predicted molar refractivity (Wildman–Crippen MR) is 257 cm³/mol. The normalized spacial score (nSPS) is 13.0. The summed E-state index contributed by atoms with van der Waals surface area (Å²) in [6.45, 7) is 3.80. The average Bonchev–Trinajstić information content (AvgIpc) is 3.25. The molecule has 3 N–H and O–H groups in total. The van der Waals surface area contributed by atoms with Crippen LogP contribution in [0.2, 0.25) is 0 Å². The molecule has 0 spiro atoms. The highest BCUT2D eigenvalue weighted by atomic mass is 31.2. The summed E-state index contributed by atoms with van der Waals surface area (Å²) in [5.74, 6) is -0.806. The van der Waals surface area contributed by atoms with Gasteiger partial charge in [0.05, 0.1) is 13.2 Å². The first-order valence-corrected chi connectivity index (χ1v) is 28.0. The third-order valence-corrected chi connectivity index (χ3v) is 13.0. The molecule has 61 heavy (non-hydrogen) atoms. The van der Waals surface area contributed by atoms with Crippen LogP contribution < -0.4 is 5.73 Å². The molecule has 2 unspecified atom stereocenters. The molecule has 2 atom stereocenters. The Morgan fingerprint density at radius 2 is 0.705 bits per heavy atom. The van der Waals surface area contributed by atoms with Crippen LogP contribution in [0, 0.1) is 0 Å². The molecule has 0 aliphatic carbocycles. The first-order chi connectivity index (χ1) is 29.8. The van der Waals surface area contributed by atoms with E-state index in [2.05, 4.69) is 13.8 Å². The number of unbranched alkanes of at least 4 members (excludes halogenated alkanes) is 38. The van der Waals surface area contributed by atoms with Crippen molar-refractivity contribution in [2.24, 2.45) is 5.73 Å². The molecule has 0 aliphatic heterocycles. The second-order valence-corrected chi connectivity index (χ2v) is 19.6. The number of hydrogen-bond acceptors (Lipinski definition) is 8. The SMILES string of the molecule is CCCCCCCCCCCCCCCCCCCCCCCCCCCC(=O)OC(COC(=O)CCCCCCCCCCCCCCCCC)COP(=O)(O)OCCN. The van der Waals surface area contributed by atoms with Gasteiger partial charge < -0.3 is 20.1 Å². The molecule has 0 saturated carbocycles. The van der Waals surface area contributed by atoms with E-state index < -0.39 is 26.5 Å². The summed E-state index contributed by atoms with van der Waals surface area (Å²) < 4.78 is 32.9. The molecule has 0 heterocycles. The molecule has 0 bridgehead atoms. The monoisotopic (exact) mass is 888 g/mol. The Morgan fingerprint density at radius 3 is 1.00 bits per heavy atom. The summed E-state index contributed by atoms with van der Waals surface area (Å²) in [4.78, 5) is 35.0. The van der Waals surface area contributed by atoms with Gasteiger partial charge in [0.2, 0.25) is 0 Å². The van der Waals surface area contributed by atoms with Crippen LogP contribution >= 0.6 is 7.82 Å². The Morgan fingerprint density at radius 1 is 0.426 bits per heavy atom. The van der Waals surface area contributed by atoms with Crippen molar-refractivity contribution >= 4 is 19.8 Å². The van der Waals surface area contributed by atoms with Gasteiger partial charge in [-0.25, -0.2) is 4.57 Å². The number of phosphoric ester groups is 1. The topological polar surface area (TPSA) is 134 Å². The van der Waals surface area contributed by atoms with E-state index in [4.69, 9.17) is 24.3 Å². The van der Waals surface area contributed by atoms with Gasteiger partial charge >= 0.3 is 19.8 Å². The van der Waals surface area contributed by atoms with Crippen LogP contribution in [0.25, 0.3) is 0 Å². The van der Waals surface area contributed by atoms with Crippen LogP contribution in [0.1, 0.15) is 284 Å². The second kappa shape index (κ2) is 48.5. The molecule has 0 aromatic rings. The fourth-order valence-corrected chi connectivity index (χ4v) is 8.82. The van der Waals surface area contributed by atoms with Crippen molar-refractivity contribution in [1.82, 2.24) is 0 Å². The Balaban J connectivity index is 3.93. The Bertz CT molecular complexity index is 969. The number of hydrogen-bond donors (Lipinski definition) is 2. The van der Waals surface area contributed by atoms with Crippen LogP contribution in [0.4, 0.5) is 0 Å². The minimum absolute atomic E-state index is 0.0584. The molecule has 10 heteroatoms. The van der Waals surface area contributed by atoms with E-state index in [1.165, 1.54) is 218 Å². The zero-order valence-electron chi connectivity index (χ0n) is 40.4. The smallest absolute Gasteiger partial charge is 0.462 e. The van der Waals surface area contributed by atoms with Crippen molar-refractivity contribution in [3.63, 3.8) is 0 Å². The number of ether oxygens (including phenoxy) is 2. The van der Waals surface area contributed by atoms with Crippen molar-refractivity contribution in [2.45, 2.75) is 290 Å². The van der Waals surface area contributed by atoms with Crippen molar-refractivity contribution in [3.05, 3.63) is 0 Å². The maximum Gasteiger partial charge on any atom is 0.472 e. The summed E-state index contributed by atoms with van der Waals surface area (Å²) in [5, 5.41) is 0. The molecule has 0 fully saturated rings. The molecular formula is C51H102NO8P. The summed E-state index contributed by atoms with van der Waals surface area (Å²) in [6, 6.07) is 0. The van der Waals surface area contributed by atoms with Crippen molar-refractivity contribution < 1.29 is 37.6 Å². The maximum atomic E-state index is 12.7. The van der Waals surface area contributed by atoms with Gasteiger partial charge in [-0.15, -0.1) is 0 Å². The molecule has 0 radical (unpaired) electrons. The van der Waals surface area contributed by atoms with E-state index in [0.717, 1.165) is 32.1 Å². The highest BCUT2D eigenvalue weighted by Gasteiger charge is 2.26. The van der Waals surface area contributed by atoms with E-state index in [1.807, 2.05) is 0 Å². The number of carbonyl (C=O) groups excluding carboxylic acids is 2. The fraction of sp³-hybridized carbons (Fsp3) is 0.961. The van der Waals surface area contributed by atoms with Crippen LogP contribution in [-0.4, -0.2) is 49.3 Å². The van der Waals surface area contributed by atoms with E-state index >= 15 is 0 Å². The first-order valence-electron chi connectivity index (χ1n) is 26.5. The second-order valence-electron chi connectivity index (χ2n) is 18.1. The Labute approximate surface area is 377 Å². The minimum Gasteiger partial charge on any atom is -0.462 e. The molecule has 0 aliphatic rings. The van der Waals surface area contributed by atoms with Gasteiger partial charge in [-0.05, 0) is 12.8 Å². The van der Waals surface area contributed by atoms with Gasteiger partial charge in [0.25, 0.3) is 0 Å². The lowest BCUT2D eigenvalue weighted by atomic mass is 10.0. The van der Waals surface area contributed by atoms with Crippen LogP contribution in [0.3, 0.4) is 0 Å². The number of carbonyl (C=O) groups is 2. The van der Waals surface area contributed by atoms with Gasteiger partial charge in [0.15, 0.2) is 6.10 Å². The molecular weight excluding hydrogens is 786 g/mol. The minimum atomic E-state index is -4.37. The van der Waals surface area contributed by atoms with Gasteiger partial charge in [0, 0.05) is 19.4 Å². The molecule has 364 valence electrons. The lowest BCUT2D eigenvalue weighted by Gasteiger charge is -2.19. The van der Waals surface area contributed by atoms with E-state index in [1.54, 1.807) is 0 Å². The summed E-state index contributed by atoms with van der Waals surface area (Å²) in [7, 11) is -4.37. The number of rotatable bonds is 51. The van der Waals surface area contributed by atoms with Gasteiger partial charge in [0.1, 0.15) is 6.61 Å². The van der Waals surface area contributed by atoms with Crippen molar-refractivity contribution in [2.75, 3.05) is 26.4 Å². The third-order valence-electron chi connectivity index (χ3n) is 12.0. The van der Waals surface area contributed by atoms with Gasteiger partial charge in [-0.2, -0.15) is 0 Å². The van der Waals surface area contributed by atoms with E-state index in [-0.39, 0.29) is 38.6 Å². The Kier molecular flexibility index (Phi) is 47.7. The largest absolute Gasteiger partial charge is 0.472 e. The summed E-state index contributed by atoms with van der Waals surface area (Å²) in [5.41, 5.74) is 5.37. The van der Waals surface area contributed by atoms with Crippen molar-refractivity contribution in [1.29, 1.82) is 0 Å². The highest BCUT2D eigenvalue weighted by Crippen LogP contribution is 2.43. The predicted octanol–water partition coefficient (Wildman–Crippen LogP) is 16.0. The zero-order chi connectivity index (χ0) is 44.6. The molecule has 0 amide bonds. The summed E-state index contributed by atoms with van der Waals surface area (Å²) >= 11 is 0. The van der Waals surface area contributed by atoms with E-state index in [9.17, 15) is 19.0 Å². The third kappa shape index (κ3) is 48.3. The first kappa shape index (κ1) is 60.0. The molecule has 9 nitrogen and oxygen atoms in total. The lowest BCUT2D eigenvalue weighted by molar-refractivity contribution is -0.161. The van der Waals surface area contributed by atoms with Crippen LogP contribution in [0.15, 0.2) is 0 Å². The zero-order valence-corrected chi connectivity index (χ0v) is 41.3. The van der Waals surface area contributed by atoms with Crippen LogP contribution in [-0.2, 0) is 32.7 Å². The van der Waals surface area contributed by atoms with Crippen molar-refractivity contribution in [3.8, 4) is 0 Å². The molecule has 0 aromatic carbocycles. The Hall–Kier alpha value is -0.990. The average molecular weight is 888 g/mol. The quantitative estimate of drug-likeness (QED) is 0.0348.